The number of hydrogen-bond donors (Lipinski definition) is 1. The van der Waals surface area contributed by atoms with Crippen LogP contribution in [0.5, 0.6) is 0 Å². The van der Waals surface area contributed by atoms with Gasteiger partial charge in [0.05, 0.1) is 0 Å². The summed E-state index contributed by atoms with van der Waals surface area (Å²) in [5.74, 6) is -1.02. The number of hydrogen-bond acceptors (Lipinski definition) is 2. The van der Waals surface area contributed by atoms with Crippen molar-refractivity contribution < 1.29 is 9.90 Å². The molecule has 0 atom stereocenters. The number of aromatic nitrogens is 2. The maximum Gasteiger partial charge on any atom is 0.354 e. The van der Waals surface area contributed by atoms with E-state index in [1.54, 1.807) is 6.07 Å². The molecule has 4 nitrogen and oxygen atoms in total. The second kappa shape index (κ2) is 4.51. The summed E-state index contributed by atoms with van der Waals surface area (Å²) in [7, 11) is 0. The van der Waals surface area contributed by atoms with Gasteiger partial charge in [0.1, 0.15) is 6.33 Å². The summed E-state index contributed by atoms with van der Waals surface area (Å²) in [5.41, 5.74) is 2.94. The largest absolute Gasteiger partial charge is 0.477 e. The van der Waals surface area contributed by atoms with E-state index >= 15 is 0 Å². The molecule has 0 bridgehead atoms. The zero-order chi connectivity index (χ0) is 13.4. The van der Waals surface area contributed by atoms with Crippen molar-refractivity contribution in [2.75, 3.05) is 0 Å². The topological polar surface area (TPSA) is 54.6 Å². The van der Waals surface area contributed by atoms with Gasteiger partial charge < -0.3 is 9.51 Å². The van der Waals surface area contributed by atoms with Gasteiger partial charge in [0.25, 0.3) is 0 Å². The van der Waals surface area contributed by atoms with Gasteiger partial charge in [0, 0.05) is 21.7 Å². The van der Waals surface area contributed by atoms with Gasteiger partial charge in [-0.1, -0.05) is 28.1 Å². The maximum absolute atomic E-state index is 10.9. The summed E-state index contributed by atoms with van der Waals surface area (Å²) >= 11 is 3.44. The third-order valence-corrected chi connectivity index (χ3v) is 3.36. The smallest absolute Gasteiger partial charge is 0.354 e. The summed E-state index contributed by atoms with van der Waals surface area (Å²) in [6.07, 6.45) is 3.44. The minimum absolute atomic E-state index is 0.0476. The van der Waals surface area contributed by atoms with Gasteiger partial charge in [-0.3, -0.25) is 0 Å². The van der Waals surface area contributed by atoms with Crippen molar-refractivity contribution in [3.8, 4) is 11.1 Å². The average Bonchev–Trinajstić information content (AvgIpc) is 2.81. The second-order valence-electron chi connectivity index (χ2n) is 4.15. The molecule has 19 heavy (non-hydrogen) atoms. The van der Waals surface area contributed by atoms with Crippen molar-refractivity contribution in [3.63, 3.8) is 0 Å². The minimum atomic E-state index is -1.02. The molecular formula is C14H9BrN2O2. The van der Waals surface area contributed by atoms with E-state index < -0.39 is 5.97 Å². The maximum atomic E-state index is 10.9. The highest BCUT2D eigenvalue weighted by atomic mass is 79.9. The Balaban J connectivity index is 2.14. The first-order valence-corrected chi connectivity index (χ1v) is 6.40. The third-order valence-electron chi connectivity index (χ3n) is 2.86. The Bertz CT molecular complexity index is 780. The highest BCUT2D eigenvalue weighted by molar-refractivity contribution is 9.10. The van der Waals surface area contributed by atoms with Crippen LogP contribution >= 0.6 is 15.9 Å². The van der Waals surface area contributed by atoms with Gasteiger partial charge in [0.15, 0.2) is 5.69 Å². The lowest BCUT2D eigenvalue weighted by Gasteiger charge is -1.97. The Kier molecular flexibility index (Phi) is 2.83. The van der Waals surface area contributed by atoms with Gasteiger partial charge in [-0.05, 0) is 29.8 Å². The zero-order valence-corrected chi connectivity index (χ0v) is 11.3. The molecule has 0 spiro atoms. The molecule has 0 radical (unpaired) electrons. The quantitative estimate of drug-likeness (QED) is 0.787. The van der Waals surface area contributed by atoms with Crippen molar-refractivity contribution in [2.24, 2.45) is 0 Å². The van der Waals surface area contributed by atoms with E-state index in [0.29, 0.717) is 0 Å². The predicted octanol–water partition coefficient (Wildman–Crippen LogP) is 3.46. The molecule has 1 aromatic carbocycles. The van der Waals surface area contributed by atoms with E-state index in [4.69, 9.17) is 5.11 Å². The van der Waals surface area contributed by atoms with E-state index in [2.05, 4.69) is 20.9 Å². The minimum Gasteiger partial charge on any atom is -0.477 e. The lowest BCUT2D eigenvalue weighted by molar-refractivity contribution is 0.0690. The van der Waals surface area contributed by atoms with Crippen LogP contribution in [0, 0.1) is 0 Å². The van der Waals surface area contributed by atoms with E-state index in [1.165, 1.54) is 6.33 Å². The highest BCUT2D eigenvalue weighted by Gasteiger charge is 2.08. The fourth-order valence-electron chi connectivity index (χ4n) is 1.96. The van der Waals surface area contributed by atoms with Gasteiger partial charge in [-0.2, -0.15) is 0 Å². The molecule has 2 aromatic heterocycles. The molecule has 1 N–H and O–H groups in total. The van der Waals surface area contributed by atoms with Crippen molar-refractivity contribution in [1.82, 2.24) is 9.38 Å². The van der Waals surface area contributed by atoms with Crippen LogP contribution in [-0.4, -0.2) is 20.5 Å². The molecule has 0 aliphatic heterocycles. The first-order chi connectivity index (χ1) is 9.13. The van der Waals surface area contributed by atoms with Crippen LogP contribution in [0.25, 0.3) is 16.6 Å². The van der Waals surface area contributed by atoms with Crippen molar-refractivity contribution in [1.29, 1.82) is 0 Å². The van der Waals surface area contributed by atoms with Crippen molar-refractivity contribution in [2.45, 2.75) is 0 Å². The molecule has 2 heterocycles. The number of carboxylic acid groups (broad SMARTS) is 1. The van der Waals surface area contributed by atoms with Crippen LogP contribution in [0.1, 0.15) is 10.5 Å². The molecule has 3 aromatic rings. The van der Waals surface area contributed by atoms with Gasteiger partial charge in [0.2, 0.25) is 0 Å². The number of carbonyl (C=O) groups is 1. The van der Waals surface area contributed by atoms with E-state index in [-0.39, 0.29) is 5.69 Å². The monoisotopic (exact) mass is 316 g/mol. The van der Waals surface area contributed by atoms with Crippen LogP contribution in [0.2, 0.25) is 0 Å². The molecule has 5 heteroatoms. The fourth-order valence-corrected chi connectivity index (χ4v) is 2.36. The Labute approximate surface area is 117 Å². The van der Waals surface area contributed by atoms with E-state index in [9.17, 15) is 4.79 Å². The van der Waals surface area contributed by atoms with Gasteiger partial charge >= 0.3 is 5.97 Å². The predicted molar refractivity (Wildman–Crippen MR) is 75.3 cm³/mol. The number of halogens is 1. The van der Waals surface area contributed by atoms with Crippen LogP contribution in [0.3, 0.4) is 0 Å². The third kappa shape index (κ3) is 2.24. The molecule has 0 saturated heterocycles. The van der Waals surface area contributed by atoms with Crippen molar-refractivity contribution >= 4 is 27.4 Å². The molecule has 0 amide bonds. The van der Waals surface area contributed by atoms with Crippen LogP contribution < -0.4 is 0 Å². The Morgan fingerprint density at radius 2 is 2.05 bits per heavy atom. The van der Waals surface area contributed by atoms with Crippen LogP contribution in [-0.2, 0) is 0 Å². The van der Waals surface area contributed by atoms with Crippen LogP contribution in [0.4, 0.5) is 0 Å². The molecule has 0 saturated carbocycles. The lowest BCUT2D eigenvalue weighted by Crippen LogP contribution is -2.00. The second-order valence-corrected chi connectivity index (χ2v) is 5.07. The summed E-state index contributed by atoms with van der Waals surface area (Å²) in [4.78, 5) is 14.8. The SMILES string of the molecule is O=C(O)c1cc2cc(-c3cccc(Br)c3)cn2cn1. The summed E-state index contributed by atoms with van der Waals surface area (Å²) in [6, 6.07) is 11.4. The molecule has 3 rings (SSSR count). The first kappa shape index (κ1) is 11.9. The molecule has 0 aliphatic carbocycles. The Morgan fingerprint density at radius 1 is 1.21 bits per heavy atom. The fraction of sp³-hybridized carbons (Fsp3) is 0. The van der Waals surface area contributed by atoms with Crippen LogP contribution in [0.15, 0.2) is 53.4 Å². The number of benzene rings is 1. The molecule has 94 valence electrons. The summed E-state index contributed by atoms with van der Waals surface area (Å²) in [5, 5.41) is 8.93. The Hall–Kier alpha value is -2.14. The number of fused-ring (bicyclic) bond motifs is 1. The summed E-state index contributed by atoms with van der Waals surface area (Å²) in [6.45, 7) is 0. The van der Waals surface area contributed by atoms with E-state index in [0.717, 1.165) is 21.1 Å². The van der Waals surface area contributed by atoms with E-state index in [1.807, 2.05) is 40.9 Å². The summed E-state index contributed by atoms with van der Waals surface area (Å²) < 4.78 is 2.81. The normalized spacial score (nSPS) is 10.8. The number of rotatable bonds is 2. The number of carboxylic acids is 1. The molecule has 0 unspecified atom stereocenters. The standard InChI is InChI=1S/C14H9BrN2O2/c15-11-3-1-2-9(4-11)10-5-12-6-13(14(18)19)16-8-17(12)7-10/h1-8H,(H,18,19). The number of aromatic carboxylic acids is 1. The first-order valence-electron chi connectivity index (χ1n) is 5.60. The molecular weight excluding hydrogens is 308 g/mol. The van der Waals surface area contributed by atoms with Crippen molar-refractivity contribution in [3.05, 3.63) is 59.1 Å². The van der Waals surface area contributed by atoms with Gasteiger partial charge in [-0.15, -0.1) is 0 Å². The molecule has 0 aliphatic rings. The lowest BCUT2D eigenvalue weighted by atomic mass is 10.1. The zero-order valence-electron chi connectivity index (χ0n) is 9.75. The molecule has 0 fully saturated rings. The number of nitrogens with zero attached hydrogens (tertiary/aromatic N) is 2. The van der Waals surface area contributed by atoms with Gasteiger partial charge in [-0.25, -0.2) is 9.78 Å². The highest BCUT2D eigenvalue weighted by Crippen LogP contribution is 2.25. The average molecular weight is 317 g/mol. The Morgan fingerprint density at radius 3 is 2.79 bits per heavy atom.